The van der Waals surface area contributed by atoms with Crippen LogP contribution in [0.4, 0.5) is 5.00 Å². The van der Waals surface area contributed by atoms with Crippen LogP contribution in [0.25, 0.3) is 0 Å². The molecule has 0 radical (unpaired) electrons. The van der Waals surface area contributed by atoms with Crippen molar-refractivity contribution < 1.29 is 14.3 Å². The zero-order valence-electron chi connectivity index (χ0n) is 19.8. The highest BCUT2D eigenvalue weighted by molar-refractivity contribution is 7.99. The summed E-state index contributed by atoms with van der Waals surface area (Å²) in [5, 5.41) is 12.5. The standard InChI is InChI=1S/C24H29N5O3S2/c1-13-6-5-7-16(10-13)32-15(3)22-27-28-24(29(22)4)33-12-19(30)26-23-20(21(25)31)17-9-8-14(2)11-18(17)34-23/h5-7,10,14-15H,8-9,11-12H2,1-4H3,(H2,25,31)(H,26,30). The molecule has 1 aromatic carbocycles. The highest BCUT2D eigenvalue weighted by Crippen LogP contribution is 2.39. The topological polar surface area (TPSA) is 112 Å². The number of ether oxygens (including phenoxy) is 1. The number of thioether (sulfide) groups is 1. The largest absolute Gasteiger partial charge is 0.483 e. The van der Waals surface area contributed by atoms with Crippen LogP contribution in [0, 0.1) is 12.8 Å². The lowest BCUT2D eigenvalue weighted by Gasteiger charge is -2.18. The minimum Gasteiger partial charge on any atom is -0.483 e. The van der Waals surface area contributed by atoms with E-state index in [9.17, 15) is 9.59 Å². The van der Waals surface area contributed by atoms with Crippen LogP contribution in [0.5, 0.6) is 5.75 Å². The summed E-state index contributed by atoms with van der Waals surface area (Å²) < 4.78 is 7.84. The second-order valence-electron chi connectivity index (χ2n) is 8.73. The zero-order chi connectivity index (χ0) is 24.4. The summed E-state index contributed by atoms with van der Waals surface area (Å²) in [5.74, 6) is 1.43. The van der Waals surface area contributed by atoms with Crippen molar-refractivity contribution in [3.05, 3.63) is 51.7 Å². The number of aromatic nitrogens is 3. The van der Waals surface area contributed by atoms with Gasteiger partial charge in [0.1, 0.15) is 10.8 Å². The average Bonchev–Trinajstić information content (AvgIpc) is 3.31. The van der Waals surface area contributed by atoms with E-state index in [4.69, 9.17) is 10.5 Å². The highest BCUT2D eigenvalue weighted by atomic mass is 32.2. The van der Waals surface area contributed by atoms with Gasteiger partial charge in [0, 0.05) is 11.9 Å². The maximum Gasteiger partial charge on any atom is 0.251 e. The first kappa shape index (κ1) is 24.3. The molecule has 3 aromatic rings. The number of hydrogen-bond donors (Lipinski definition) is 2. The van der Waals surface area contributed by atoms with Crippen molar-refractivity contribution in [3.63, 3.8) is 0 Å². The smallest absolute Gasteiger partial charge is 0.251 e. The first-order chi connectivity index (χ1) is 16.2. The van der Waals surface area contributed by atoms with Crippen LogP contribution in [-0.4, -0.2) is 32.3 Å². The number of fused-ring (bicyclic) bond motifs is 1. The molecule has 0 saturated heterocycles. The van der Waals surface area contributed by atoms with Crippen molar-refractivity contribution >= 4 is 39.9 Å². The molecule has 2 unspecified atom stereocenters. The van der Waals surface area contributed by atoms with E-state index >= 15 is 0 Å². The number of rotatable bonds is 8. The fraction of sp³-hybridized carbons (Fsp3) is 0.417. The normalized spacial score (nSPS) is 16.1. The summed E-state index contributed by atoms with van der Waals surface area (Å²) in [6.45, 7) is 6.12. The first-order valence-corrected chi connectivity index (χ1v) is 13.0. The number of anilines is 1. The summed E-state index contributed by atoms with van der Waals surface area (Å²) in [5.41, 5.74) is 8.23. The van der Waals surface area contributed by atoms with E-state index in [1.54, 1.807) is 0 Å². The molecular weight excluding hydrogens is 470 g/mol. The Labute approximate surface area is 207 Å². The SMILES string of the molecule is Cc1cccc(OC(C)c2nnc(SCC(=O)Nc3sc4c(c3C(N)=O)CCC(C)C4)n2C)c1. The summed E-state index contributed by atoms with van der Waals surface area (Å²) in [4.78, 5) is 25.9. The Morgan fingerprint density at radius 3 is 2.91 bits per heavy atom. The molecule has 0 saturated carbocycles. The number of thiophene rings is 1. The molecule has 1 aliphatic rings. The number of carbonyl (C=O) groups is 2. The maximum absolute atomic E-state index is 12.7. The van der Waals surface area contributed by atoms with E-state index in [1.807, 2.05) is 49.7 Å². The Bertz CT molecular complexity index is 1220. The van der Waals surface area contributed by atoms with Crippen LogP contribution in [-0.2, 0) is 24.7 Å². The lowest BCUT2D eigenvalue weighted by molar-refractivity contribution is -0.113. The molecule has 10 heteroatoms. The third kappa shape index (κ3) is 5.28. The lowest BCUT2D eigenvalue weighted by atomic mass is 9.88. The number of aryl methyl sites for hydroxylation is 1. The number of nitrogens with one attached hydrogen (secondary N) is 1. The van der Waals surface area contributed by atoms with E-state index in [0.717, 1.165) is 41.0 Å². The molecule has 180 valence electrons. The van der Waals surface area contributed by atoms with Crippen LogP contribution in [0.15, 0.2) is 29.4 Å². The molecule has 1 aliphatic carbocycles. The minimum absolute atomic E-state index is 0.135. The van der Waals surface area contributed by atoms with Gasteiger partial charge in [-0.05, 0) is 62.3 Å². The van der Waals surface area contributed by atoms with Crippen LogP contribution >= 0.6 is 23.1 Å². The first-order valence-electron chi connectivity index (χ1n) is 11.2. The molecule has 2 amide bonds. The van der Waals surface area contributed by atoms with Crippen LogP contribution in [0.2, 0.25) is 0 Å². The lowest BCUT2D eigenvalue weighted by Crippen LogP contribution is -2.20. The van der Waals surface area contributed by atoms with Crippen LogP contribution < -0.4 is 15.8 Å². The Kier molecular flexibility index (Phi) is 7.27. The van der Waals surface area contributed by atoms with Gasteiger partial charge in [-0.25, -0.2) is 0 Å². The van der Waals surface area contributed by atoms with Crippen LogP contribution in [0.3, 0.4) is 0 Å². The van der Waals surface area contributed by atoms with Crippen molar-refractivity contribution in [2.75, 3.05) is 11.1 Å². The van der Waals surface area contributed by atoms with Gasteiger partial charge in [-0.1, -0.05) is 30.8 Å². The summed E-state index contributed by atoms with van der Waals surface area (Å²) in [6, 6.07) is 7.83. The Balaban J connectivity index is 1.39. The van der Waals surface area contributed by atoms with Crippen molar-refractivity contribution in [3.8, 4) is 5.75 Å². The van der Waals surface area contributed by atoms with E-state index < -0.39 is 5.91 Å². The van der Waals surface area contributed by atoms with E-state index in [1.165, 1.54) is 23.1 Å². The van der Waals surface area contributed by atoms with E-state index in [0.29, 0.717) is 27.5 Å². The Morgan fingerprint density at radius 2 is 2.18 bits per heavy atom. The van der Waals surface area contributed by atoms with Crippen molar-refractivity contribution in [2.45, 2.75) is 51.3 Å². The van der Waals surface area contributed by atoms with Gasteiger partial charge in [0.2, 0.25) is 5.91 Å². The second kappa shape index (κ2) is 10.2. The van der Waals surface area contributed by atoms with Gasteiger partial charge in [-0.2, -0.15) is 0 Å². The number of nitrogens with two attached hydrogens (primary N) is 1. The van der Waals surface area contributed by atoms with Gasteiger partial charge < -0.3 is 20.4 Å². The van der Waals surface area contributed by atoms with E-state index in [-0.39, 0.29) is 17.8 Å². The maximum atomic E-state index is 12.7. The third-order valence-corrected chi connectivity index (χ3v) is 8.07. The van der Waals surface area contributed by atoms with Gasteiger partial charge >= 0.3 is 0 Å². The fourth-order valence-electron chi connectivity index (χ4n) is 4.14. The number of benzene rings is 1. The molecular formula is C24H29N5O3S2. The molecule has 2 aromatic heterocycles. The monoisotopic (exact) mass is 499 g/mol. The van der Waals surface area contributed by atoms with Gasteiger partial charge in [0.05, 0.1) is 11.3 Å². The molecule has 0 bridgehead atoms. The molecule has 34 heavy (non-hydrogen) atoms. The zero-order valence-corrected chi connectivity index (χ0v) is 21.4. The van der Waals surface area contributed by atoms with Gasteiger partial charge in [-0.15, -0.1) is 21.5 Å². The van der Waals surface area contributed by atoms with Gasteiger partial charge in [0.15, 0.2) is 17.1 Å². The highest BCUT2D eigenvalue weighted by Gasteiger charge is 2.27. The predicted octanol–water partition coefficient (Wildman–Crippen LogP) is 4.28. The van der Waals surface area contributed by atoms with Crippen molar-refractivity contribution in [2.24, 2.45) is 18.7 Å². The Morgan fingerprint density at radius 1 is 1.38 bits per heavy atom. The summed E-state index contributed by atoms with van der Waals surface area (Å²) >= 11 is 2.75. The predicted molar refractivity (Wildman–Crippen MR) is 135 cm³/mol. The Hall–Kier alpha value is -2.85. The number of carbonyl (C=O) groups excluding carboxylic acids is 2. The molecule has 3 N–H and O–H groups in total. The number of amides is 2. The van der Waals surface area contributed by atoms with E-state index in [2.05, 4.69) is 22.4 Å². The molecule has 4 rings (SSSR count). The molecule has 0 aliphatic heterocycles. The van der Waals surface area contributed by atoms with Gasteiger partial charge in [0.25, 0.3) is 5.91 Å². The van der Waals surface area contributed by atoms with Gasteiger partial charge in [-0.3, -0.25) is 9.59 Å². The molecule has 0 fully saturated rings. The summed E-state index contributed by atoms with van der Waals surface area (Å²) in [7, 11) is 1.85. The molecule has 0 spiro atoms. The molecule has 8 nitrogen and oxygen atoms in total. The molecule has 2 heterocycles. The fourth-order valence-corrected chi connectivity index (χ4v) is 6.29. The van der Waals surface area contributed by atoms with Crippen molar-refractivity contribution in [1.82, 2.24) is 14.8 Å². The number of primary amides is 1. The third-order valence-electron chi connectivity index (χ3n) is 5.88. The van der Waals surface area contributed by atoms with Crippen molar-refractivity contribution in [1.29, 1.82) is 0 Å². The number of hydrogen-bond acceptors (Lipinski definition) is 7. The average molecular weight is 500 g/mol. The van der Waals surface area contributed by atoms with Crippen LogP contribution in [0.1, 0.15) is 58.6 Å². The second-order valence-corrected chi connectivity index (χ2v) is 10.8. The minimum atomic E-state index is -0.490. The molecule has 2 atom stereocenters. The summed E-state index contributed by atoms with van der Waals surface area (Å²) in [6.07, 6.45) is 2.45. The number of nitrogens with zero attached hydrogens (tertiary/aromatic N) is 3. The quantitative estimate of drug-likeness (QED) is 0.448.